The molecule has 0 radical (unpaired) electrons. The first-order valence-corrected chi connectivity index (χ1v) is 8.02. The van der Waals surface area contributed by atoms with Gasteiger partial charge in [0.05, 0.1) is 10.0 Å². The molecule has 21 heavy (non-hydrogen) atoms. The van der Waals surface area contributed by atoms with Crippen LogP contribution < -0.4 is 5.32 Å². The number of nitrogens with zero attached hydrogens (tertiary/aromatic N) is 2. The number of halogens is 2. The van der Waals surface area contributed by atoms with Crippen molar-refractivity contribution in [2.45, 2.75) is 32.2 Å². The SMILES string of the molecule is CCCNC(CCc1ccnn1C)c1ccc(Cl)c(Cl)c1. The Morgan fingerprint density at radius 1 is 1.24 bits per heavy atom. The Hall–Kier alpha value is -1.03. The summed E-state index contributed by atoms with van der Waals surface area (Å²) in [7, 11) is 1.98. The van der Waals surface area contributed by atoms with E-state index < -0.39 is 0 Å². The molecule has 5 heteroatoms. The molecule has 1 N–H and O–H groups in total. The molecule has 2 aromatic rings. The second kappa shape index (κ2) is 7.83. The molecule has 0 spiro atoms. The lowest BCUT2D eigenvalue weighted by Crippen LogP contribution is -2.23. The van der Waals surface area contributed by atoms with Gasteiger partial charge in [-0.3, -0.25) is 4.68 Å². The van der Waals surface area contributed by atoms with Crippen LogP contribution in [0.2, 0.25) is 10.0 Å². The maximum Gasteiger partial charge on any atom is 0.0595 e. The Kier molecular flexibility index (Phi) is 6.09. The third kappa shape index (κ3) is 4.47. The molecule has 0 saturated heterocycles. The van der Waals surface area contributed by atoms with Crippen LogP contribution >= 0.6 is 23.2 Å². The molecule has 0 fully saturated rings. The summed E-state index contributed by atoms with van der Waals surface area (Å²) < 4.78 is 1.92. The van der Waals surface area contributed by atoms with E-state index in [0.717, 1.165) is 25.8 Å². The van der Waals surface area contributed by atoms with Crippen molar-refractivity contribution in [3.8, 4) is 0 Å². The van der Waals surface area contributed by atoms with E-state index in [1.165, 1.54) is 11.3 Å². The number of aryl methyl sites for hydroxylation is 2. The molecule has 0 aliphatic carbocycles. The summed E-state index contributed by atoms with van der Waals surface area (Å²) in [6, 6.07) is 8.20. The van der Waals surface area contributed by atoms with Crippen molar-refractivity contribution in [3.63, 3.8) is 0 Å². The van der Waals surface area contributed by atoms with Crippen molar-refractivity contribution in [1.29, 1.82) is 0 Å². The highest BCUT2D eigenvalue weighted by Crippen LogP contribution is 2.27. The highest BCUT2D eigenvalue weighted by atomic mass is 35.5. The predicted molar refractivity (Wildman–Crippen MR) is 89.0 cm³/mol. The minimum atomic E-state index is 0.273. The Morgan fingerprint density at radius 3 is 2.67 bits per heavy atom. The Labute approximate surface area is 136 Å². The van der Waals surface area contributed by atoms with Crippen LogP contribution in [0.5, 0.6) is 0 Å². The van der Waals surface area contributed by atoms with Gasteiger partial charge in [-0.2, -0.15) is 5.10 Å². The van der Waals surface area contributed by atoms with Gasteiger partial charge in [0.15, 0.2) is 0 Å². The Morgan fingerprint density at radius 2 is 2.05 bits per heavy atom. The van der Waals surface area contributed by atoms with Gasteiger partial charge in [-0.15, -0.1) is 0 Å². The Bertz CT molecular complexity index is 581. The molecular formula is C16H21Cl2N3. The largest absolute Gasteiger partial charge is 0.310 e. The van der Waals surface area contributed by atoms with Gasteiger partial charge in [0.2, 0.25) is 0 Å². The van der Waals surface area contributed by atoms with Crippen LogP contribution in [0.4, 0.5) is 0 Å². The molecule has 3 nitrogen and oxygen atoms in total. The first kappa shape index (κ1) is 16.3. The molecule has 1 aromatic carbocycles. The number of hydrogen-bond acceptors (Lipinski definition) is 2. The smallest absolute Gasteiger partial charge is 0.0595 e. The lowest BCUT2D eigenvalue weighted by molar-refractivity contribution is 0.491. The number of nitrogens with one attached hydrogen (secondary N) is 1. The first-order chi connectivity index (χ1) is 10.1. The number of aromatic nitrogens is 2. The minimum Gasteiger partial charge on any atom is -0.310 e. The molecule has 114 valence electrons. The molecule has 0 saturated carbocycles. The van der Waals surface area contributed by atoms with E-state index in [2.05, 4.69) is 23.4 Å². The summed E-state index contributed by atoms with van der Waals surface area (Å²) in [5.41, 5.74) is 2.42. The fourth-order valence-corrected chi connectivity index (χ4v) is 2.68. The molecule has 0 aliphatic heterocycles. The van der Waals surface area contributed by atoms with Gasteiger partial charge in [-0.25, -0.2) is 0 Å². The second-order valence-corrected chi connectivity index (χ2v) is 5.98. The highest BCUT2D eigenvalue weighted by Gasteiger charge is 2.13. The van der Waals surface area contributed by atoms with Gasteiger partial charge in [0, 0.05) is 25.0 Å². The van der Waals surface area contributed by atoms with Gasteiger partial charge in [0.25, 0.3) is 0 Å². The van der Waals surface area contributed by atoms with Crippen molar-refractivity contribution < 1.29 is 0 Å². The van der Waals surface area contributed by atoms with Crippen molar-refractivity contribution in [2.75, 3.05) is 6.54 Å². The van der Waals surface area contributed by atoms with E-state index >= 15 is 0 Å². The van der Waals surface area contributed by atoms with Crippen molar-refractivity contribution >= 4 is 23.2 Å². The monoisotopic (exact) mass is 325 g/mol. The van der Waals surface area contributed by atoms with E-state index in [-0.39, 0.29) is 6.04 Å². The van der Waals surface area contributed by atoms with Gasteiger partial charge < -0.3 is 5.32 Å². The molecule has 0 amide bonds. The number of hydrogen-bond donors (Lipinski definition) is 1. The van der Waals surface area contributed by atoms with Crippen LogP contribution in [0.3, 0.4) is 0 Å². The second-order valence-electron chi connectivity index (χ2n) is 5.17. The van der Waals surface area contributed by atoms with Crippen molar-refractivity contribution in [2.24, 2.45) is 7.05 Å². The molecule has 2 rings (SSSR count). The topological polar surface area (TPSA) is 29.9 Å². The van der Waals surface area contributed by atoms with Crippen LogP contribution in [-0.4, -0.2) is 16.3 Å². The van der Waals surface area contributed by atoms with Crippen LogP contribution in [0, 0.1) is 0 Å². The van der Waals surface area contributed by atoms with Gasteiger partial charge >= 0.3 is 0 Å². The van der Waals surface area contributed by atoms with E-state index in [4.69, 9.17) is 23.2 Å². The molecule has 1 unspecified atom stereocenters. The maximum atomic E-state index is 6.14. The molecular weight excluding hydrogens is 305 g/mol. The van der Waals surface area contributed by atoms with Crippen LogP contribution in [0.15, 0.2) is 30.5 Å². The molecule has 1 atom stereocenters. The lowest BCUT2D eigenvalue weighted by Gasteiger charge is -2.19. The zero-order chi connectivity index (χ0) is 15.2. The third-order valence-corrected chi connectivity index (χ3v) is 4.34. The molecule has 1 heterocycles. The summed E-state index contributed by atoms with van der Waals surface area (Å²) in [6.45, 7) is 3.15. The normalized spacial score (nSPS) is 12.6. The third-order valence-electron chi connectivity index (χ3n) is 3.60. The molecule has 1 aromatic heterocycles. The van der Waals surface area contributed by atoms with Crippen LogP contribution in [0.25, 0.3) is 0 Å². The van der Waals surface area contributed by atoms with Crippen molar-refractivity contribution in [1.82, 2.24) is 15.1 Å². The number of benzene rings is 1. The average Bonchev–Trinajstić information content (AvgIpc) is 2.88. The van der Waals surface area contributed by atoms with Gasteiger partial charge in [-0.05, 0) is 49.6 Å². The van der Waals surface area contributed by atoms with Crippen LogP contribution in [-0.2, 0) is 13.5 Å². The van der Waals surface area contributed by atoms with E-state index in [1.807, 2.05) is 36.1 Å². The van der Waals surface area contributed by atoms with Crippen LogP contribution in [0.1, 0.15) is 37.1 Å². The molecule has 0 bridgehead atoms. The first-order valence-electron chi connectivity index (χ1n) is 7.27. The van der Waals surface area contributed by atoms with E-state index in [9.17, 15) is 0 Å². The summed E-state index contributed by atoms with van der Waals surface area (Å²) >= 11 is 12.1. The van der Waals surface area contributed by atoms with E-state index in [0.29, 0.717) is 10.0 Å². The lowest BCUT2D eigenvalue weighted by atomic mass is 10.0. The van der Waals surface area contributed by atoms with Gasteiger partial charge in [0.1, 0.15) is 0 Å². The highest BCUT2D eigenvalue weighted by molar-refractivity contribution is 6.42. The summed E-state index contributed by atoms with van der Waals surface area (Å²) in [5.74, 6) is 0. The summed E-state index contributed by atoms with van der Waals surface area (Å²) in [6.07, 6.45) is 4.90. The standard InChI is InChI=1S/C16H21Cl2N3/c1-3-9-19-16(7-5-13-8-10-20-21(13)2)12-4-6-14(17)15(18)11-12/h4,6,8,10-11,16,19H,3,5,7,9H2,1-2H3. The zero-order valence-corrected chi connectivity index (χ0v) is 14.0. The average molecular weight is 326 g/mol. The molecule has 0 aliphatic rings. The fraction of sp³-hybridized carbons (Fsp3) is 0.438. The van der Waals surface area contributed by atoms with Gasteiger partial charge in [-0.1, -0.05) is 36.2 Å². The maximum absolute atomic E-state index is 6.14. The summed E-state index contributed by atoms with van der Waals surface area (Å²) in [4.78, 5) is 0. The summed E-state index contributed by atoms with van der Waals surface area (Å²) in [5, 5.41) is 9.00. The van der Waals surface area contributed by atoms with Crippen molar-refractivity contribution in [3.05, 3.63) is 51.8 Å². The van der Waals surface area contributed by atoms with E-state index in [1.54, 1.807) is 0 Å². The fourth-order valence-electron chi connectivity index (χ4n) is 2.37. The number of rotatable bonds is 7. The zero-order valence-electron chi connectivity index (χ0n) is 12.4. The minimum absolute atomic E-state index is 0.273. The Balaban J connectivity index is 2.09. The quantitative estimate of drug-likeness (QED) is 0.817. The predicted octanol–water partition coefficient (Wildman–Crippen LogP) is 4.40.